The number of fused-ring (bicyclic) bond motifs is 1. The first-order valence-corrected chi connectivity index (χ1v) is 7.78. The Morgan fingerprint density at radius 2 is 2.14 bits per heavy atom. The summed E-state index contributed by atoms with van der Waals surface area (Å²) in [5, 5.41) is 2.31. The van der Waals surface area contributed by atoms with Crippen LogP contribution in [0.3, 0.4) is 0 Å². The summed E-state index contributed by atoms with van der Waals surface area (Å²) < 4.78 is 3.05. The number of imide groups is 1. The Hall–Kier alpha value is -1.48. The molecule has 1 aromatic rings. The summed E-state index contributed by atoms with van der Waals surface area (Å²) in [6.07, 6.45) is 0.670. The zero-order valence-corrected chi connectivity index (χ0v) is 13.3. The second-order valence-electron chi connectivity index (χ2n) is 5.15. The van der Waals surface area contributed by atoms with E-state index in [1.54, 1.807) is 11.0 Å². The molecular weight excluding hydrogens is 385 g/mol. The number of halogens is 1. The van der Waals surface area contributed by atoms with Crippen LogP contribution in [0.15, 0.2) is 18.2 Å². The van der Waals surface area contributed by atoms with Crippen LogP contribution in [0.1, 0.15) is 34.3 Å². The largest absolute Gasteiger partial charge is 0.322 e. The fourth-order valence-corrected chi connectivity index (χ4v) is 3.30. The molecule has 7 heteroatoms. The van der Waals surface area contributed by atoms with Crippen molar-refractivity contribution >= 4 is 40.6 Å². The van der Waals surface area contributed by atoms with Gasteiger partial charge in [-0.05, 0) is 23.6 Å². The summed E-state index contributed by atoms with van der Waals surface area (Å²) >= 11 is 2.07. The third kappa shape index (κ3) is 2.55. The molecule has 1 fully saturated rings. The SMILES string of the molecule is O=C1CCC(N2Cc3c(CNI)cccc3C2=O)C(=O)N1. The molecule has 110 valence electrons. The number of carbonyl (C=O) groups excluding carboxylic acids is 3. The van der Waals surface area contributed by atoms with Gasteiger partial charge >= 0.3 is 0 Å². The van der Waals surface area contributed by atoms with Gasteiger partial charge in [-0.2, -0.15) is 0 Å². The van der Waals surface area contributed by atoms with Crippen molar-refractivity contribution in [1.29, 1.82) is 0 Å². The van der Waals surface area contributed by atoms with Gasteiger partial charge in [0.15, 0.2) is 0 Å². The Bertz CT molecular complexity index is 632. The van der Waals surface area contributed by atoms with Gasteiger partial charge in [0, 0.05) is 47.9 Å². The molecule has 2 aliphatic heterocycles. The molecule has 1 atom stereocenters. The van der Waals surface area contributed by atoms with Crippen molar-refractivity contribution in [3.05, 3.63) is 34.9 Å². The van der Waals surface area contributed by atoms with E-state index in [0.29, 0.717) is 25.1 Å². The molecule has 0 saturated carbocycles. The topological polar surface area (TPSA) is 78.5 Å². The number of piperidine rings is 1. The molecule has 3 amide bonds. The molecule has 0 bridgehead atoms. The van der Waals surface area contributed by atoms with Gasteiger partial charge in [-0.15, -0.1) is 0 Å². The van der Waals surface area contributed by atoms with Gasteiger partial charge in [-0.3, -0.25) is 23.2 Å². The quantitative estimate of drug-likeness (QED) is 0.450. The number of nitrogens with zero attached hydrogens (tertiary/aromatic N) is 1. The number of nitrogens with one attached hydrogen (secondary N) is 2. The minimum absolute atomic E-state index is 0.130. The number of amides is 3. The van der Waals surface area contributed by atoms with Crippen molar-refractivity contribution in [3.8, 4) is 0 Å². The van der Waals surface area contributed by atoms with Crippen molar-refractivity contribution in [1.82, 2.24) is 13.7 Å². The fourth-order valence-electron chi connectivity index (χ4n) is 2.89. The fraction of sp³-hybridized carbons (Fsp3) is 0.357. The highest BCUT2D eigenvalue weighted by molar-refractivity contribution is 14.1. The summed E-state index contributed by atoms with van der Waals surface area (Å²) in [6, 6.07) is 5.07. The van der Waals surface area contributed by atoms with E-state index < -0.39 is 6.04 Å². The van der Waals surface area contributed by atoms with Crippen molar-refractivity contribution < 1.29 is 14.4 Å². The Morgan fingerprint density at radius 3 is 2.86 bits per heavy atom. The van der Waals surface area contributed by atoms with Crippen LogP contribution in [0, 0.1) is 0 Å². The number of benzene rings is 1. The molecule has 21 heavy (non-hydrogen) atoms. The van der Waals surface area contributed by atoms with E-state index in [9.17, 15) is 14.4 Å². The maximum atomic E-state index is 12.5. The van der Waals surface area contributed by atoms with Gasteiger partial charge in [0.05, 0.1) is 0 Å². The van der Waals surface area contributed by atoms with Crippen molar-refractivity contribution in [2.75, 3.05) is 0 Å². The molecule has 2 heterocycles. The number of carbonyl (C=O) groups is 3. The highest BCUT2D eigenvalue weighted by Gasteiger charge is 2.39. The Labute approximate surface area is 135 Å². The number of hydrogen-bond donors (Lipinski definition) is 2. The van der Waals surface area contributed by atoms with Gasteiger partial charge in [0.25, 0.3) is 5.91 Å². The van der Waals surface area contributed by atoms with E-state index >= 15 is 0 Å². The van der Waals surface area contributed by atoms with E-state index in [2.05, 4.69) is 31.7 Å². The molecule has 1 aromatic carbocycles. The standard InChI is InChI=1S/C14H14IN3O3/c15-16-6-8-2-1-3-9-10(8)7-18(14(9)21)11-4-5-12(19)17-13(11)20/h1-3,11,16H,4-7H2,(H,17,19,20). The average Bonchev–Trinajstić information content (AvgIpc) is 2.78. The van der Waals surface area contributed by atoms with Gasteiger partial charge in [0.1, 0.15) is 6.04 Å². The summed E-state index contributed by atoms with van der Waals surface area (Å²) in [5.41, 5.74) is 2.69. The van der Waals surface area contributed by atoms with Crippen LogP contribution < -0.4 is 8.85 Å². The lowest BCUT2D eigenvalue weighted by molar-refractivity contribution is -0.136. The predicted octanol–water partition coefficient (Wildman–Crippen LogP) is 0.887. The highest BCUT2D eigenvalue weighted by atomic mass is 127. The third-order valence-corrected chi connectivity index (χ3v) is 4.32. The van der Waals surface area contributed by atoms with Crippen LogP contribution in [0.5, 0.6) is 0 Å². The molecular formula is C14H14IN3O3. The molecule has 3 rings (SSSR count). The summed E-state index contributed by atoms with van der Waals surface area (Å²) in [5.74, 6) is -0.772. The van der Waals surface area contributed by atoms with Gasteiger partial charge in [-0.25, -0.2) is 0 Å². The molecule has 1 saturated heterocycles. The Morgan fingerprint density at radius 1 is 1.33 bits per heavy atom. The minimum Gasteiger partial charge on any atom is -0.322 e. The van der Waals surface area contributed by atoms with E-state index in [0.717, 1.165) is 11.1 Å². The van der Waals surface area contributed by atoms with Crippen LogP contribution in [0.2, 0.25) is 0 Å². The van der Waals surface area contributed by atoms with Crippen molar-refractivity contribution in [2.45, 2.75) is 32.0 Å². The monoisotopic (exact) mass is 399 g/mol. The number of hydrogen-bond acceptors (Lipinski definition) is 4. The van der Waals surface area contributed by atoms with Crippen LogP contribution in [-0.2, 0) is 22.7 Å². The lowest BCUT2D eigenvalue weighted by Gasteiger charge is -2.29. The molecule has 2 N–H and O–H groups in total. The van der Waals surface area contributed by atoms with Gasteiger partial charge in [-0.1, -0.05) is 12.1 Å². The lowest BCUT2D eigenvalue weighted by atomic mass is 10.0. The van der Waals surface area contributed by atoms with Crippen LogP contribution in [0.4, 0.5) is 0 Å². The lowest BCUT2D eigenvalue weighted by Crippen LogP contribution is -2.52. The van der Waals surface area contributed by atoms with Crippen LogP contribution in [-0.4, -0.2) is 28.7 Å². The first kappa shape index (κ1) is 14.5. The van der Waals surface area contributed by atoms with E-state index in [1.807, 2.05) is 12.1 Å². The van der Waals surface area contributed by atoms with Gasteiger partial charge < -0.3 is 4.90 Å². The molecule has 0 spiro atoms. The molecule has 0 radical (unpaired) electrons. The van der Waals surface area contributed by atoms with E-state index in [4.69, 9.17) is 0 Å². The maximum absolute atomic E-state index is 12.5. The molecule has 6 nitrogen and oxygen atoms in total. The maximum Gasteiger partial charge on any atom is 0.255 e. The normalized spacial score (nSPS) is 21.5. The Balaban J connectivity index is 1.88. The molecule has 2 aliphatic rings. The highest BCUT2D eigenvalue weighted by Crippen LogP contribution is 2.29. The third-order valence-electron chi connectivity index (χ3n) is 3.94. The predicted molar refractivity (Wildman–Crippen MR) is 83.3 cm³/mol. The molecule has 1 unspecified atom stereocenters. The minimum atomic E-state index is -0.553. The van der Waals surface area contributed by atoms with E-state index in [-0.39, 0.29) is 24.1 Å². The van der Waals surface area contributed by atoms with Crippen molar-refractivity contribution in [2.24, 2.45) is 0 Å². The zero-order valence-electron chi connectivity index (χ0n) is 11.2. The van der Waals surface area contributed by atoms with Gasteiger partial charge in [0.2, 0.25) is 11.8 Å². The van der Waals surface area contributed by atoms with E-state index in [1.165, 1.54) is 0 Å². The zero-order chi connectivity index (χ0) is 15.0. The number of rotatable bonds is 3. The first-order valence-electron chi connectivity index (χ1n) is 6.70. The summed E-state index contributed by atoms with van der Waals surface area (Å²) in [4.78, 5) is 37.3. The van der Waals surface area contributed by atoms with Crippen LogP contribution >= 0.6 is 22.9 Å². The summed E-state index contributed by atoms with van der Waals surface area (Å²) in [6.45, 7) is 1.09. The smallest absolute Gasteiger partial charge is 0.255 e. The van der Waals surface area contributed by atoms with Crippen molar-refractivity contribution in [3.63, 3.8) is 0 Å². The summed E-state index contributed by atoms with van der Waals surface area (Å²) in [7, 11) is 0. The molecule has 0 aromatic heterocycles. The van der Waals surface area contributed by atoms with Crippen LogP contribution in [0.25, 0.3) is 0 Å². The second kappa shape index (κ2) is 5.72. The second-order valence-corrected chi connectivity index (χ2v) is 5.92. The molecule has 0 aliphatic carbocycles. The first-order chi connectivity index (χ1) is 10.1. The average molecular weight is 399 g/mol. The Kier molecular flexibility index (Phi) is 3.94.